The first-order valence-corrected chi connectivity index (χ1v) is 9.79. The van der Waals surface area contributed by atoms with Crippen LogP contribution >= 0.6 is 0 Å². The molecule has 2 N–H and O–H groups in total. The molecular weight excluding hydrogens is 372 g/mol. The summed E-state index contributed by atoms with van der Waals surface area (Å²) in [6.07, 6.45) is 1.74. The lowest BCUT2D eigenvalue weighted by Gasteiger charge is -2.32. The fourth-order valence-corrected chi connectivity index (χ4v) is 3.45. The highest BCUT2D eigenvalue weighted by atomic mass is 16.5. The van der Waals surface area contributed by atoms with Crippen LogP contribution in [0.2, 0.25) is 0 Å². The molecule has 1 unspecified atom stereocenters. The minimum Gasteiger partial charge on any atom is -0.497 e. The largest absolute Gasteiger partial charge is 0.497 e. The summed E-state index contributed by atoms with van der Waals surface area (Å²) >= 11 is 0. The van der Waals surface area contributed by atoms with Gasteiger partial charge in [-0.1, -0.05) is 12.1 Å². The minimum absolute atomic E-state index is 0.0326. The van der Waals surface area contributed by atoms with E-state index in [1.54, 1.807) is 19.1 Å². The second-order valence-electron chi connectivity index (χ2n) is 7.21. The predicted molar refractivity (Wildman–Crippen MR) is 107 cm³/mol. The number of H-pyrrole nitrogens is 1. The van der Waals surface area contributed by atoms with E-state index in [9.17, 15) is 9.59 Å². The van der Waals surface area contributed by atoms with E-state index in [1.807, 2.05) is 30.3 Å². The molecule has 1 fully saturated rings. The van der Waals surface area contributed by atoms with E-state index < -0.39 is 0 Å². The normalized spacial score (nSPS) is 16.7. The number of nitrogens with one attached hydrogen (secondary N) is 2. The average Bonchev–Trinajstić information content (AvgIpc) is 3.19. The molecule has 2 amide bonds. The highest BCUT2D eigenvalue weighted by Crippen LogP contribution is 2.19. The van der Waals surface area contributed by atoms with Gasteiger partial charge < -0.3 is 19.7 Å². The van der Waals surface area contributed by atoms with Gasteiger partial charge in [0.25, 0.3) is 0 Å². The number of rotatable bonds is 9. The summed E-state index contributed by atoms with van der Waals surface area (Å²) in [6, 6.07) is 9.70. The van der Waals surface area contributed by atoms with Crippen LogP contribution in [0.5, 0.6) is 5.75 Å². The molecule has 0 bridgehead atoms. The second kappa shape index (κ2) is 10.1. The Labute approximate surface area is 170 Å². The van der Waals surface area contributed by atoms with E-state index >= 15 is 0 Å². The van der Waals surface area contributed by atoms with Gasteiger partial charge in [-0.25, -0.2) is 0 Å². The number of aromatic amines is 1. The quantitative estimate of drug-likeness (QED) is 0.667. The van der Waals surface area contributed by atoms with Crippen LogP contribution in [0.15, 0.2) is 30.3 Å². The smallest absolute Gasteiger partial charge is 0.225 e. The van der Waals surface area contributed by atoms with Gasteiger partial charge in [0.15, 0.2) is 0 Å². The van der Waals surface area contributed by atoms with Crippen LogP contribution in [0.25, 0.3) is 0 Å². The number of hydrogen-bond acceptors (Lipinski definition) is 5. The predicted octanol–water partition coefficient (Wildman–Crippen LogP) is 1.66. The van der Waals surface area contributed by atoms with Crippen molar-refractivity contribution in [2.24, 2.45) is 5.92 Å². The fourth-order valence-electron chi connectivity index (χ4n) is 3.45. The summed E-state index contributed by atoms with van der Waals surface area (Å²) in [5.41, 5.74) is 2.76. The number of ether oxygens (including phenoxy) is 2. The molecule has 29 heavy (non-hydrogen) atoms. The van der Waals surface area contributed by atoms with Gasteiger partial charge in [-0.3, -0.25) is 14.7 Å². The molecule has 8 nitrogen and oxygen atoms in total. The van der Waals surface area contributed by atoms with Gasteiger partial charge in [-0.15, -0.1) is 0 Å². The maximum absolute atomic E-state index is 12.6. The van der Waals surface area contributed by atoms with E-state index in [-0.39, 0.29) is 17.7 Å². The maximum atomic E-state index is 12.6. The lowest BCUT2D eigenvalue weighted by molar-refractivity contribution is -0.138. The molecule has 1 aliphatic heterocycles. The number of carbonyl (C=O) groups excluding carboxylic acids is 2. The molecular formula is C21H28N4O4. The van der Waals surface area contributed by atoms with Crippen LogP contribution in [-0.4, -0.2) is 54.2 Å². The summed E-state index contributed by atoms with van der Waals surface area (Å²) in [7, 11) is 3.25. The molecule has 1 aliphatic rings. The van der Waals surface area contributed by atoms with Crippen molar-refractivity contribution in [2.75, 3.05) is 27.3 Å². The van der Waals surface area contributed by atoms with Crippen LogP contribution in [0.4, 0.5) is 0 Å². The van der Waals surface area contributed by atoms with Crippen LogP contribution < -0.4 is 10.1 Å². The third kappa shape index (κ3) is 5.80. The molecule has 0 saturated carbocycles. The summed E-state index contributed by atoms with van der Waals surface area (Å²) in [6.45, 7) is 1.87. The molecule has 1 saturated heterocycles. The van der Waals surface area contributed by atoms with E-state index in [2.05, 4.69) is 15.5 Å². The molecule has 156 valence electrons. The molecule has 1 atom stereocenters. The zero-order valence-corrected chi connectivity index (χ0v) is 16.9. The second-order valence-corrected chi connectivity index (χ2v) is 7.21. The molecule has 0 radical (unpaired) electrons. The Bertz CT molecular complexity index is 818. The molecule has 2 aromatic rings. The van der Waals surface area contributed by atoms with Gasteiger partial charge in [-0.2, -0.15) is 5.10 Å². The van der Waals surface area contributed by atoms with Crippen LogP contribution in [-0.2, 0) is 33.9 Å². The molecule has 2 heterocycles. The SMILES string of the molecule is COCc1cc(CNC(=O)C2CCC(=O)N(CCc3ccc(OC)cc3)C2)[nH]n1. The Hall–Kier alpha value is -2.87. The number of benzene rings is 1. The summed E-state index contributed by atoms with van der Waals surface area (Å²) < 4.78 is 10.2. The number of nitrogens with zero attached hydrogens (tertiary/aromatic N) is 2. The van der Waals surface area contributed by atoms with Crippen LogP contribution in [0, 0.1) is 5.92 Å². The summed E-state index contributed by atoms with van der Waals surface area (Å²) in [5, 5.41) is 9.96. The van der Waals surface area contributed by atoms with Crippen molar-refractivity contribution in [1.29, 1.82) is 0 Å². The molecule has 3 rings (SSSR count). The first-order valence-electron chi connectivity index (χ1n) is 9.79. The first kappa shape index (κ1) is 20.9. The Morgan fingerprint density at radius 3 is 2.83 bits per heavy atom. The van der Waals surface area contributed by atoms with E-state index in [4.69, 9.17) is 9.47 Å². The number of amides is 2. The number of piperidine rings is 1. The number of carbonyl (C=O) groups is 2. The van der Waals surface area contributed by atoms with Crippen molar-refractivity contribution in [3.05, 3.63) is 47.3 Å². The number of aromatic nitrogens is 2. The lowest BCUT2D eigenvalue weighted by Crippen LogP contribution is -2.46. The maximum Gasteiger partial charge on any atom is 0.225 e. The van der Waals surface area contributed by atoms with Gasteiger partial charge in [0.2, 0.25) is 11.8 Å². The molecule has 1 aromatic carbocycles. The standard InChI is InChI=1S/C21H28N4O4/c1-28-14-18-11-17(23-24-18)12-22-21(27)16-5-8-20(26)25(13-16)10-9-15-3-6-19(29-2)7-4-15/h3-4,6-7,11,16H,5,8-10,12-14H2,1-2H3,(H,22,27)(H,23,24). The van der Waals surface area contributed by atoms with Gasteiger partial charge >= 0.3 is 0 Å². The fraction of sp³-hybridized carbons (Fsp3) is 0.476. The Morgan fingerprint density at radius 2 is 2.10 bits per heavy atom. The Morgan fingerprint density at radius 1 is 1.31 bits per heavy atom. The average molecular weight is 400 g/mol. The van der Waals surface area contributed by atoms with Gasteiger partial charge in [0.1, 0.15) is 5.75 Å². The van der Waals surface area contributed by atoms with E-state index in [0.29, 0.717) is 39.1 Å². The zero-order chi connectivity index (χ0) is 20.6. The van der Waals surface area contributed by atoms with Crippen molar-refractivity contribution < 1.29 is 19.1 Å². The van der Waals surface area contributed by atoms with Gasteiger partial charge in [0.05, 0.1) is 37.6 Å². The van der Waals surface area contributed by atoms with E-state index in [1.165, 1.54) is 0 Å². The van der Waals surface area contributed by atoms with Crippen molar-refractivity contribution in [3.63, 3.8) is 0 Å². The topological polar surface area (TPSA) is 96.5 Å². The van der Waals surface area contributed by atoms with Crippen molar-refractivity contribution >= 4 is 11.8 Å². The van der Waals surface area contributed by atoms with Gasteiger partial charge in [0, 0.05) is 26.6 Å². The molecule has 1 aromatic heterocycles. The molecule has 8 heteroatoms. The third-order valence-corrected chi connectivity index (χ3v) is 5.13. The highest BCUT2D eigenvalue weighted by Gasteiger charge is 2.29. The van der Waals surface area contributed by atoms with E-state index in [0.717, 1.165) is 29.1 Å². The Kier molecular flexibility index (Phi) is 7.24. The number of methoxy groups -OCH3 is 2. The number of likely N-dealkylation sites (tertiary alicyclic amines) is 1. The summed E-state index contributed by atoms with van der Waals surface area (Å²) in [5.74, 6) is 0.700. The van der Waals surface area contributed by atoms with Gasteiger partial charge in [-0.05, 0) is 36.6 Å². The molecule has 0 aliphatic carbocycles. The summed E-state index contributed by atoms with van der Waals surface area (Å²) in [4.78, 5) is 26.7. The third-order valence-electron chi connectivity index (χ3n) is 5.13. The van der Waals surface area contributed by atoms with Crippen molar-refractivity contribution in [2.45, 2.75) is 32.4 Å². The van der Waals surface area contributed by atoms with Crippen LogP contribution in [0.3, 0.4) is 0 Å². The number of hydrogen-bond donors (Lipinski definition) is 2. The van der Waals surface area contributed by atoms with Crippen molar-refractivity contribution in [1.82, 2.24) is 20.4 Å². The monoisotopic (exact) mass is 400 g/mol. The van der Waals surface area contributed by atoms with Crippen LogP contribution in [0.1, 0.15) is 29.8 Å². The first-order chi connectivity index (χ1) is 14.1. The highest BCUT2D eigenvalue weighted by molar-refractivity contribution is 5.83. The zero-order valence-electron chi connectivity index (χ0n) is 16.9. The van der Waals surface area contributed by atoms with Crippen molar-refractivity contribution in [3.8, 4) is 5.75 Å². The lowest BCUT2D eigenvalue weighted by atomic mass is 9.96. The minimum atomic E-state index is -0.190. The molecule has 0 spiro atoms. The Balaban J connectivity index is 1.48.